The maximum Gasteiger partial charge on any atom is 0.0944 e. The van der Waals surface area contributed by atoms with Gasteiger partial charge in [-0.25, -0.2) is 0 Å². The summed E-state index contributed by atoms with van der Waals surface area (Å²) < 4.78 is 0. The van der Waals surface area contributed by atoms with Crippen molar-refractivity contribution in [3.05, 3.63) is 23.3 Å². The zero-order valence-electron chi connectivity index (χ0n) is 6.81. The third-order valence-corrected chi connectivity index (χ3v) is 1.35. The Labute approximate surface area is 62.7 Å². The van der Waals surface area contributed by atoms with Crippen LogP contribution in [0.15, 0.2) is 23.3 Å². The molecule has 0 heterocycles. The van der Waals surface area contributed by atoms with E-state index < -0.39 is 0 Å². The zero-order valence-corrected chi connectivity index (χ0v) is 6.81. The van der Waals surface area contributed by atoms with Crippen LogP contribution in [0.25, 0.3) is 0 Å². The van der Waals surface area contributed by atoms with E-state index in [2.05, 4.69) is 19.9 Å². The third-order valence-electron chi connectivity index (χ3n) is 1.35. The van der Waals surface area contributed by atoms with Gasteiger partial charge in [0, 0.05) is 5.57 Å². The molecule has 0 aliphatic carbocycles. The first kappa shape index (κ1) is 8.97. The van der Waals surface area contributed by atoms with Crippen LogP contribution in [0.4, 0.5) is 0 Å². The molecule has 0 fully saturated rings. The van der Waals surface area contributed by atoms with Crippen LogP contribution >= 0.6 is 0 Å². The summed E-state index contributed by atoms with van der Waals surface area (Å²) in [6.45, 7) is 5.96. The van der Waals surface area contributed by atoms with Crippen molar-refractivity contribution in [2.45, 2.75) is 27.2 Å². The van der Waals surface area contributed by atoms with E-state index in [0.29, 0.717) is 0 Å². The van der Waals surface area contributed by atoms with Crippen LogP contribution in [0.1, 0.15) is 27.2 Å². The molecule has 0 aliphatic rings. The van der Waals surface area contributed by atoms with Crippen LogP contribution in [0.5, 0.6) is 0 Å². The number of rotatable bonds is 2. The standard InChI is InChI=1S/C9H13N/c1-4-8(2)5-6-9(3)7-10/h5-6H,4H2,1-3H3/b8-5-,9-6+. The number of allylic oxidation sites excluding steroid dienone is 4. The molecule has 1 nitrogen and oxygen atoms in total. The van der Waals surface area contributed by atoms with E-state index in [1.54, 1.807) is 6.92 Å². The first-order valence-corrected chi connectivity index (χ1v) is 3.44. The molecule has 10 heavy (non-hydrogen) atoms. The summed E-state index contributed by atoms with van der Waals surface area (Å²) in [5.74, 6) is 0. The van der Waals surface area contributed by atoms with Gasteiger partial charge in [-0.15, -0.1) is 0 Å². The molecule has 0 radical (unpaired) electrons. The van der Waals surface area contributed by atoms with Gasteiger partial charge in [0.25, 0.3) is 0 Å². The predicted molar refractivity (Wildman–Crippen MR) is 43.4 cm³/mol. The van der Waals surface area contributed by atoms with Crippen molar-refractivity contribution in [2.24, 2.45) is 0 Å². The zero-order chi connectivity index (χ0) is 7.98. The lowest BCUT2D eigenvalue weighted by molar-refractivity contribution is 1.10. The largest absolute Gasteiger partial charge is 0.193 e. The van der Waals surface area contributed by atoms with E-state index in [9.17, 15) is 0 Å². The molecule has 0 aliphatic heterocycles. The fourth-order valence-corrected chi connectivity index (χ4v) is 0.422. The van der Waals surface area contributed by atoms with Crippen molar-refractivity contribution in [3.63, 3.8) is 0 Å². The average molecular weight is 135 g/mol. The molecule has 0 N–H and O–H groups in total. The van der Waals surface area contributed by atoms with Crippen LogP contribution in [-0.2, 0) is 0 Å². The minimum atomic E-state index is 0.757. The molecule has 1 heteroatoms. The van der Waals surface area contributed by atoms with Crippen molar-refractivity contribution in [2.75, 3.05) is 0 Å². The van der Waals surface area contributed by atoms with E-state index in [1.165, 1.54) is 5.57 Å². The Kier molecular flexibility index (Phi) is 4.32. The summed E-state index contributed by atoms with van der Waals surface area (Å²) in [6, 6.07) is 2.06. The Hall–Kier alpha value is -1.03. The van der Waals surface area contributed by atoms with E-state index in [4.69, 9.17) is 5.26 Å². The number of hydrogen-bond acceptors (Lipinski definition) is 1. The minimum Gasteiger partial charge on any atom is -0.193 e. The van der Waals surface area contributed by atoms with Crippen LogP contribution in [0.2, 0.25) is 0 Å². The highest BCUT2D eigenvalue weighted by atomic mass is 14.2. The van der Waals surface area contributed by atoms with Crippen LogP contribution in [-0.4, -0.2) is 0 Å². The SMILES string of the molecule is CC/C(C)=C\C=C(/C)C#N. The Morgan fingerprint density at radius 3 is 2.40 bits per heavy atom. The number of nitriles is 1. The fraction of sp³-hybridized carbons (Fsp3) is 0.444. The number of hydrogen-bond donors (Lipinski definition) is 0. The van der Waals surface area contributed by atoms with Gasteiger partial charge in [-0.2, -0.15) is 5.26 Å². The van der Waals surface area contributed by atoms with Crippen molar-refractivity contribution in [3.8, 4) is 6.07 Å². The molecule has 0 spiro atoms. The van der Waals surface area contributed by atoms with Gasteiger partial charge in [0.1, 0.15) is 0 Å². The topological polar surface area (TPSA) is 23.8 Å². The summed E-state index contributed by atoms with van der Waals surface area (Å²) in [6.07, 6.45) is 4.88. The molecule has 0 amide bonds. The van der Waals surface area contributed by atoms with Crippen molar-refractivity contribution >= 4 is 0 Å². The molecule has 0 saturated carbocycles. The summed E-state index contributed by atoms with van der Waals surface area (Å²) in [7, 11) is 0. The molecule has 0 aromatic rings. The van der Waals surface area contributed by atoms with Crippen LogP contribution in [0, 0.1) is 11.3 Å². The van der Waals surface area contributed by atoms with Crippen molar-refractivity contribution in [1.82, 2.24) is 0 Å². The normalized spacial score (nSPS) is 13.0. The molecule has 0 unspecified atom stereocenters. The fourth-order valence-electron chi connectivity index (χ4n) is 0.422. The molecule has 0 aromatic carbocycles. The molecule has 0 aromatic heterocycles. The highest BCUT2D eigenvalue weighted by Crippen LogP contribution is 1.99. The van der Waals surface area contributed by atoms with Gasteiger partial charge in [-0.3, -0.25) is 0 Å². The van der Waals surface area contributed by atoms with Gasteiger partial charge in [-0.1, -0.05) is 18.6 Å². The highest BCUT2D eigenvalue weighted by Gasteiger charge is 1.81. The lowest BCUT2D eigenvalue weighted by Crippen LogP contribution is -1.70. The molecule has 0 saturated heterocycles. The second kappa shape index (κ2) is 4.81. The van der Waals surface area contributed by atoms with Gasteiger partial charge < -0.3 is 0 Å². The maximum absolute atomic E-state index is 8.37. The van der Waals surface area contributed by atoms with E-state index in [1.807, 2.05) is 12.2 Å². The summed E-state index contributed by atoms with van der Waals surface area (Å²) in [4.78, 5) is 0. The Balaban J connectivity index is 4.07. The summed E-state index contributed by atoms with van der Waals surface area (Å²) >= 11 is 0. The molecule has 0 atom stereocenters. The quantitative estimate of drug-likeness (QED) is 0.422. The van der Waals surface area contributed by atoms with E-state index >= 15 is 0 Å². The van der Waals surface area contributed by atoms with E-state index in [0.717, 1.165) is 12.0 Å². The second-order valence-corrected chi connectivity index (χ2v) is 2.33. The van der Waals surface area contributed by atoms with Gasteiger partial charge >= 0.3 is 0 Å². The molecule has 54 valence electrons. The van der Waals surface area contributed by atoms with Crippen molar-refractivity contribution < 1.29 is 0 Å². The van der Waals surface area contributed by atoms with Gasteiger partial charge in [-0.05, 0) is 26.3 Å². The molecular formula is C9H13N. The summed E-state index contributed by atoms with van der Waals surface area (Å²) in [5, 5.41) is 8.37. The Morgan fingerprint density at radius 2 is 2.00 bits per heavy atom. The Morgan fingerprint density at radius 1 is 1.40 bits per heavy atom. The second-order valence-electron chi connectivity index (χ2n) is 2.33. The minimum absolute atomic E-state index is 0.757. The van der Waals surface area contributed by atoms with Gasteiger partial charge in [0.15, 0.2) is 0 Å². The number of nitrogens with zero attached hydrogens (tertiary/aromatic N) is 1. The first-order chi connectivity index (χ1) is 4.70. The maximum atomic E-state index is 8.37. The molecular weight excluding hydrogens is 122 g/mol. The lowest BCUT2D eigenvalue weighted by atomic mass is 10.2. The monoisotopic (exact) mass is 135 g/mol. The predicted octanol–water partition coefficient (Wildman–Crippen LogP) is 2.81. The highest BCUT2D eigenvalue weighted by molar-refractivity contribution is 5.24. The van der Waals surface area contributed by atoms with E-state index in [-0.39, 0.29) is 0 Å². The van der Waals surface area contributed by atoms with Crippen molar-refractivity contribution in [1.29, 1.82) is 5.26 Å². The van der Waals surface area contributed by atoms with Gasteiger partial charge in [0.05, 0.1) is 6.07 Å². The van der Waals surface area contributed by atoms with Crippen LogP contribution < -0.4 is 0 Å². The van der Waals surface area contributed by atoms with Gasteiger partial charge in [0.2, 0.25) is 0 Å². The first-order valence-electron chi connectivity index (χ1n) is 3.44. The summed E-state index contributed by atoms with van der Waals surface area (Å²) in [5.41, 5.74) is 2.06. The molecule has 0 bridgehead atoms. The Bertz CT molecular complexity index is 191. The van der Waals surface area contributed by atoms with Crippen LogP contribution in [0.3, 0.4) is 0 Å². The smallest absolute Gasteiger partial charge is 0.0944 e. The lowest BCUT2D eigenvalue weighted by Gasteiger charge is -1.88. The molecule has 0 rings (SSSR count). The average Bonchev–Trinajstić information content (AvgIpc) is 1.99. The third kappa shape index (κ3) is 3.91.